The average molecular weight is 191 g/mol. The first-order valence-electron chi connectivity index (χ1n) is 5.20. The number of rotatable bonds is 3. The van der Waals surface area contributed by atoms with Crippen LogP contribution in [0.1, 0.15) is 37.5 Å². The van der Waals surface area contributed by atoms with Gasteiger partial charge in [0.25, 0.3) is 0 Å². The van der Waals surface area contributed by atoms with E-state index in [9.17, 15) is 0 Å². The number of aromatic nitrogens is 2. The van der Waals surface area contributed by atoms with Crippen LogP contribution < -0.4 is 5.32 Å². The van der Waals surface area contributed by atoms with E-state index in [1.54, 1.807) is 0 Å². The molecule has 1 aliphatic heterocycles. The van der Waals surface area contributed by atoms with Crippen molar-refractivity contribution in [3.63, 3.8) is 0 Å². The Labute approximate surface area is 84.8 Å². The van der Waals surface area contributed by atoms with Gasteiger partial charge in [0.15, 0.2) is 0 Å². The molecule has 2 rings (SSSR count). The fourth-order valence-electron chi connectivity index (χ4n) is 1.98. The number of nitrogens with zero attached hydrogens (tertiary/aromatic N) is 2. The summed E-state index contributed by atoms with van der Waals surface area (Å²) in [6.45, 7) is 7.07. The fourth-order valence-corrected chi connectivity index (χ4v) is 1.98. The largest absolute Gasteiger partial charge is 0.326 e. The molecular formula is C11H17N3. The molecule has 2 heterocycles. The summed E-state index contributed by atoms with van der Waals surface area (Å²) >= 11 is 0. The maximum Gasteiger partial charge on any atom is 0.0954 e. The van der Waals surface area contributed by atoms with E-state index >= 15 is 0 Å². The zero-order chi connectivity index (χ0) is 9.97. The molecule has 14 heavy (non-hydrogen) atoms. The van der Waals surface area contributed by atoms with E-state index in [1.807, 2.05) is 18.6 Å². The molecule has 3 nitrogen and oxygen atoms in total. The molecule has 0 aromatic carbocycles. The van der Waals surface area contributed by atoms with E-state index in [2.05, 4.69) is 28.4 Å². The maximum absolute atomic E-state index is 4.21. The van der Waals surface area contributed by atoms with Crippen molar-refractivity contribution in [1.82, 2.24) is 14.9 Å². The Morgan fingerprint density at radius 3 is 3.29 bits per heavy atom. The van der Waals surface area contributed by atoms with Crippen molar-refractivity contribution < 1.29 is 0 Å². The number of hydrogen-bond donors (Lipinski definition) is 1. The van der Waals surface area contributed by atoms with Crippen LogP contribution in [0.3, 0.4) is 0 Å². The van der Waals surface area contributed by atoms with Crippen molar-refractivity contribution in [2.45, 2.75) is 31.8 Å². The van der Waals surface area contributed by atoms with Gasteiger partial charge < -0.3 is 9.88 Å². The van der Waals surface area contributed by atoms with Crippen molar-refractivity contribution in [2.75, 3.05) is 6.54 Å². The molecule has 1 saturated heterocycles. The second kappa shape index (κ2) is 3.96. The van der Waals surface area contributed by atoms with Crippen molar-refractivity contribution in [2.24, 2.45) is 0 Å². The van der Waals surface area contributed by atoms with Crippen molar-refractivity contribution in [3.05, 3.63) is 30.9 Å². The number of imidazole rings is 1. The van der Waals surface area contributed by atoms with E-state index in [-0.39, 0.29) is 0 Å². The van der Waals surface area contributed by atoms with Crippen LogP contribution in [0.15, 0.2) is 25.2 Å². The minimum Gasteiger partial charge on any atom is -0.326 e. The van der Waals surface area contributed by atoms with Crippen LogP contribution in [-0.4, -0.2) is 16.1 Å². The monoisotopic (exact) mass is 191 g/mol. The van der Waals surface area contributed by atoms with Gasteiger partial charge in [0.1, 0.15) is 0 Å². The van der Waals surface area contributed by atoms with Crippen LogP contribution >= 0.6 is 0 Å². The third kappa shape index (κ3) is 1.60. The summed E-state index contributed by atoms with van der Waals surface area (Å²) in [6.07, 6.45) is 8.28. The van der Waals surface area contributed by atoms with E-state index in [1.165, 1.54) is 18.5 Å². The summed E-state index contributed by atoms with van der Waals surface area (Å²) < 4.78 is 2.19. The van der Waals surface area contributed by atoms with Crippen molar-refractivity contribution >= 4 is 0 Å². The lowest BCUT2D eigenvalue weighted by molar-refractivity contribution is 0.547. The lowest BCUT2D eigenvalue weighted by Crippen LogP contribution is -2.17. The van der Waals surface area contributed by atoms with Gasteiger partial charge in [-0.1, -0.05) is 6.08 Å². The first-order valence-corrected chi connectivity index (χ1v) is 5.20. The zero-order valence-electron chi connectivity index (χ0n) is 8.61. The smallest absolute Gasteiger partial charge is 0.0954 e. The van der Waals surface area contributed by atoms with Gasteiger partial charge in [0.05, 0.1) is 12.0 Å². The van der Waals surface area contributed by atoms with E-state index in [0.717, 1.165) is 6.54 Å². The third-order valence-electron chi connectivity index (χ3n) is 2.89. The Morgan fingerprint density at radius 2 is 2.64 bits per heavy atom. The predicted octanol–water partition coefficient (Wildman–Crippen LogP) is 2.05. The third-order valence-corrected chi connectivity index (χ3v) is 2.89. The molecule has 1 aliphatic rings. The quantitative estimate of drug-likeness (QED) is 0.741. The molecule has 0 bridgehead atoms. The first-order chi connectivity index (χ1) is 6.83. The summed E-state index contributed by atoms with van der Waals surface area (Å²) in [6, 6.07) is 0.815. The van der Waals surface area contributed by atoms with Gasteiger partial charge in [-0.15, -0.1) is 6.58 Å². The molecule has 0 spiro atoms. The predicted molar refractivity (Wildman–Crippen MR) is 57.1 cm³/mol. The molecule has 0 aliphatic carbocycles. The lowest BCUT2D eigenvalue weighted by Gasteiger charge is -2.16. The molecule has 1 aromatic rings. The minimum absolute atomic E-state index is 0.329. The number of allylic oxidation sites excluding steroid dienone is 1. The first kappa shape index (κ1) is 9.46. The highest BCUT2D eigenvalue weighted by atomic mass is 15.1. The summed E-state index contributed by atoms with van der Waals surface area (Å²) in [5.74, 6) is 0. The summed E-state index contributed by atoms with van der Waals surface area (Å²) in [7, 11) is 0. The molecule has 3 heteroatoms. The van der Waals surface area contributed by atoms with Crippen molar-refractivity contribution in [3.8, 4) is 0 Å². The summed E-state index contributed by atoms with van der Waals surface area (Å²) in [5, 5.41) is 3.48. The van der Waals surface area contributed by atoms with Crippen LogP contribution in [-0.2, 0) is 0 Å². The molecule has 0 amide bonds. The second-order valence-electron chi connectivity index (χ2n) is 3.85. The van der Waals surface area contributed by atoms with Crippen LogP contribution in [0, 0.1) is 0 Å². The van der Waals surface area contributed by atoms with Crippen LogP contribution in [0.25, 0.3) is 0 Å². The lowest BCUT2D eigenvalue weighted by atomic mass is 10.1. The summed E-state index contributed by atoms with van der Waals surface area (Å²) in [4.78, 5) is 4.21. The molecule has 0 saturated carbocycles. The Kier molecular flexibility index (Phi) is 2.68. The van der Waals surface area contributed by atoms with E-state index < -0.39 is 0 Å². The SMILES string of the molecule is C=CC(C)n1cncc1[C@H]1CCCN1. The van der Waals surface area contributed by atoms with Gasteiger partial charge >= 0.3 is 0 Å². The standard InChI is InChI=1S/C11H17N3/c1-3-9(2)14-8-12-7-11(14)10-5-4-6-13-10/h3,7-10,13H,1,4-6H2,2H3/t9?,10-/m1/s1. The molecule has 1 unspecified atom stereocenters. The van der Waals surface area contributed by atoms with E-state index in [0.29, 0.717) is 12.1 Å². The molecule has 2 atom stereocenters. The van der Waals surface area contributed by atoms with Gasteiger partial charge in [0.2, 0.25) is 0 Å². The maximum atomic E-state index is 4.21. The molecule has 76 valence electrons. The average Bonchev–Trinajstić information content (AvgIpc) is 2.85. The fraction of sp³-hybridized carbons (Fsp3) is 0.545. The molecule has 1 N–H and O–H groups in total. The van der Waals surface area contributed by atoms with Gasteiger partial charge in [0, 0.05) is 18.3 Å². The Hall–Kier alpha value is -1.09. The van der Waals surface area contributed by atoms with Crippen LogP contribution in [0.4, 0.5) is 0 Å². The highest BCUT2D eigenvalue weighted by Crippen LogP contribution is 2.24. The Bertz CT molecular complexity index is 310. The van der Waals surface area contributed by atoms with Gasteiger partial charge in [-0.05, 0) is 26.3 Å². The molecule has 1 aromatic heterocycles. The number of hydrogen-bond acceptors (Lipinski definition) is 2. The second-order valence-corrected chi connectivity index (χ2v) is 3.85. The normalized spacial score (nSPS) is 23.6. The zero-order valence-corrected chi connectivity index (χ0v) is 8.61. The Morgan fingerprint density at radius 1 is 1.79 bits per heavy atom. The van der Waals surface area contributed by atoms with Gasteiger partial charge in [-0.3, -0.25) is 0 Å². The highest BCUT2D eigenvalue weighted by Gasteiger charge is 2.20. The molecular weight excluding hydrogens is 174 g/mol. The minimum atomic E-state index is 0.329. The van der Waals surface area contributed by atoms with Crippen LogP contribution in [0.5, 0.6) is 0 Å². The van der Waals surface area contributed by atoms with Gasteiger partial charge in [-0.25, -0.2) is 4.98 Å². The number of nitrogens with one attached hydrogen (secondary N) is 1. The molecule has 0 radical (unpaired) electrons. The van der Waals surface area contributed by atoms with Crippen molar-refractivity contribution in [1.29, 1.82) is 0 Å². The van der Waals surface area contributed by atoms with Gasteiger partial charge in [-0.2, -0.15) is 0 Å². The topological polar surface area (TPSA) is 29.9 Å². The van der Waals surface area contributed by atoms with Crippen LogP contribution in [0.2, 0.25) is 0 Å². The highest BCUT2D eigenvalue weighted by molar-refractivity contribution is 5.09. The van der Waals surface area contributed by atoms with E-state index in [4.69, 9.17) is 0 Å². The molecule has 1 fully saturated rings. The summed E-state index contributed by atoms with van der Waals surface area (Å²) in [5.41, 5.74) is 1.29. The Balaban J connectivity index is 2.24.